The molecule has 3 heterocycles. The van der Waals surface area contributed by atoms with E-state index in [0.717, 1.165) is 0 Å². The topological polar surface area (TPSA) is 64.3 Å². The first-order valence-electron chi connectivity index (χ1n) is 5.31. The number of aromatic nitrogens is 3. The van der Waals surface area contributed by atoms with E-state index >= 15 is 0 Å². The quantitative estimate of drug-likeness (QED) is 0.740. The van der Waals surface area contributed by atoms with Crippen molar-refractivity contribution in [2.75, 3.05) is 5.75 Å². The second-order valence-electron chi connectivity index (χ2n) is 4.10. The molecule has 7 heteroatoms. The molecule has 2 aromatic rings. The Morgan fingerprint density at radius 3 is 2.88 bits per heavy atom. The lowest BCUT2D eigenvalue weighted by atomic mass is 10.2. The molecular weight excluding hydrogens is 262 g/mol. The van der Waals surface area contributed by atoms with Gasteiger partial charge in [0.2, 0.25) is 0 Å². The molecule has 0 aliphatic carbocycles. The van der Waals surface area contributed by atoms with Crippen LogP contribution in [0.4, 0.5) is 0 Å². The van der Waals surface area contributed by atoms with Crippen molar-refractivity contribution in [1.82, 2.24) is 14.6 Å². The fraction of sp³-hybridized carbons (Fsp3) is 0.400. The minimum absolute atomic E-state index is 0.219. The van der Waals surface area contributed by atoms with Crippen LogP contribution in [0.5, 0.6) is 0 Å². The van der Waals surface area contributed by atoms with Gasteiger partial charge in [-0.25, -0.2) is 8.42 Å². The number of sulfone groups is 1. The van der Waals surface area contributed by atoms with Gasteiger partial charge in [0.05, 0.1) is 5.75 Å². The molecule has 0 N–H and O–H groups in total. The second-order valence-corrected chi connectivity index (χ2v) is 6.79. The molecule has 0 amide bonds. The van der Waals surface area contributed by atoms with Crippen molar-refractivity contribution in [2.24, 2.45) is 0 Å². The monoisotopic (exact) mass is 271 g/mol. The van der Waals surface area contributed by atoms with Crippen molar-refractivity contribution >= 4 is 27.1 Å². The average molecular weight is 272 g/mol. The van der Waals surface area contributed by atoms with Crippen molar-refractivity contribution in [3.8, 4) is 0 Å². The maximum absolute atomic E-state index is 11.9. The minimum Gasteiger partial charge on any atom is -0.268 e. The lowest BCUT2D eigenvalue weighted by Gasteiger charge is -2.07. The van der Waals surface area contributed by atoms with Gasteiger partial charge in [-0.3, -0.25) is 4.40 Å². The highest BCUT2D eigenvalue weighted by Gasteiger charge is 2.36. The predicted molar refractivity (Wildman–Crippen MR) is 63.8 cm³/mol. The Hall–Kier alpha value is -1.14. The van der Waals surface area contributed by atoms with E-state index in [1.807, 2.05) is 0 Å². The Bertz CT molecular complexity index is 680. The third kappa shape index (κ3) is 1.63. The third-order valence-electron chi connectivity index (χ3n) is 3.02. The summed E-state index contributed by atoms with van der Waals surface area (Å²) < 4.78 is 25.4. The molecule has 3 rings (SSSR count). The van der Waals surface area contributed by atoms with Crippen molar-refractivity contribution in [2.45, 2.75) is 18.1 Å². The van der Waals surface area contributed by atoms with Crippen LogP contribution in [-0.4, -0.2) is 28.8 Å². The molecule has 1 aliphatic rings. The van der Waals surface area contributed by atoms with Crippen LogP contribution in [0.1, 0.15) is 23.9 Å². The van der Waals surface area contributed by atoms with E-state index in [4.69, 9.17) is 11.6 Å². The highest BCUT2D eigenvalue weighted by molar-refractivity contribution is 7.91. The number of fused-ring (bicyclic) bond motifs is 1. The van der Waals surface area contributed by atoms with Gasteiger partial charge in [-0.1, -0.05) is 17.7 Å². The fourth-order valence-electron chi connectivity index (χ4n) is 2.21. The zero-order chi connectivity index (χ0) is 12.0. The molecule has 0 saturated carbocycles. The van der Waals surface area contributed by atoms with Gasteiger partial charge in [0.15, 0.2) is 21.3 Å². The second kappa shape index (κ2) is 3.68. The van der Waals surface area contributed by atoms with Crippen LogP contribution in [0.2, 0.25) is 5.15 Å². The summed E-state index contributed by atoms with van der Waals surface area (Å²) in [5.41, 5.74) is 0.578. The number of hydrogen-bond acceptors (Lipinski definition) is 4. The van der Waals surface area contributed by atoms with Crippen LogP contribution in [0, 0.1) is 0 Å². The van der Waals surface area contributed by atoms with Gasteiger partial charge in [0.25, 0.3) is 0 Å². The highest BCUT2D eigenvalue weighted by atomic mass is 35.5. The van der Waals surface area contributed by atoms with E-state index in [9.17, 15) is 8.42 Å². The normalized spacial score (nSPS) is 23.2. The Labute approximate surface area is 103 Å². The molecule has 0 aromatic carbocycles. The largest absolute Gasteiger partial charge is 0.268 e. The average Bonchev–Trinajstić information content (AvgIpc) is 2.82. The van der Waals surface area contributed by atoms with Gasteiger partial charge in [0.1, 0.15) is 10.4 Å². The van der Waals surface area contributed by atoms with Crippen LogP contribution in [0.15, 0.2) is 18.2 Å². The lowest BCUT2D eigenvalue weighted by Crippen LogP contribution is -2.11. The van der Waals surface area contributed by atoms with Crippen molar-refractivity contribution < 1.29 is 8.42 Å². The molecule has 90 valence electrons. The van der Waals surface area contributed by atoms with Gasteiger partial charge >= 0.3 is 0 Å². The predicted octanol–water partition coefficient (Wildman–Crippen LogP) is 1.63. The summed E-state index contributed by atoms with van der Waals surface area (Å²) in [7, 11) is -3.10. The molecule has 1 aliphatic heterocycles. The molecule has 2 aromatic heterocycles. The summed E-state index contributed by atoms with van der Waals surface area (Å²) in [6.07, 6.45) is 1.26. The van der Waals surface area contributed by atoms with E-state index in [1.54, 1.807) is 22.6 Å². The lowest BCUT2D eigenvalue weighted by molar-refractivity contribution is 0.588. The van der Waals surface area contributed by atoms with Crippen LogP contribution < -0.4 is 0 Å². The molecule has 1 saturated heterocycles. The molecule has 5 nitrogen and oxygen atoms in total. The Morgan fingerprint density at radius 1 is 1.35 bits per heavy atom. The first-order valence-corrected chi connectivity index (χ1v) is 7.40. The molecule has 0 bridgehead atoms. The first kappa shape index (κ1) is 11.0. The maximum Gasteiger partial charge on any atom is 0.161 e. The Morgan fingerprint density at radius 2 is 2.18 bits per heavy atom. The molecule has 1 unspecified atom stereocenters. The minimum atomic E-state index is -3.10. The van der Waals surface area contributed by atoms with E-state index in [2.05, 4.69) is 10.2 Å². The molecule has 1 atom stereocenters. The van der Waals surface area contributed by atoms with Crippen LogP contribution >= 0.6 is 11.6 Å². The summed E-state index contributed by atoms with van der Waals surface area (Å²) in [5, 5.41) is 7.80. The summed E-state index contributed by atoms with van der Waals surface area (Å²) in [4.78, 5) is 0. The van der Waals surface area contributed by atoms with E-state index < -0.39 is 15.1 Å². The maximum atomic E-state index is 11.9. The number of rotatable bonds is 1. The highest BCUT2D eigenvalue weighted by Crippen LogP contribution is 2.34. The van der Waals surface area contributed by atoms with Gasteiger partial charge < -0.3 is 0 Å². The zero-order valence-corrected chi connectivity index (χ0v) is 10.4. The number of halogens is 1. The number of hydrogen-bond donors (Lipinski definition) is 0. The third-order valence-corrected chi connectivity index (χ3v) is 5.49. The van der Waals surface area contributed by atoms with Crippen LogP contribution in [0.3, 0.4) is 0 Å². The van der Waals surface area contributed by atoms with Gasteiger partial charge in [-0.05, 0) is 25.0 Å². The molecule has 17 heavy (non-hydrogen) atoms. The fourth-order valence-corrected chi connectivity index (χ4v) is 4.31. The van der Waals surface area contributed by atoms with E-state index in [1.165, 1.54) is 0 Å². The molecule has 0 spiro atoms. The van der Waals surface area contributed by atoms with Crippen LogP contribution in [0.25, 0.3) is 5.65 Å². The van der Waals surface area contributed by atoms with Crippen molar-refractivity contribution in [1.29, 1.82) is 0 Å². The molecule has 0 radical (unpaired) electrons. The summed E-state index contributed by atoms with van der Waals surface area (Å²) in [6.45, 7) is 0. The van der Waals surface area contributed by atoms with Gasteiger partial charge in [-0.2, -0.15) is 0 Å². The molecule has 1 fully saturated rings. The Kier molecular flexibility index (Phi) is 2.38. The smallest absolute Gasteiger partial charge is 0.161 e. The number of pyridine rings is 1. The van der Waals surface area contributed by atoms with Gasteiger partial charge in [-0.15, -0.1) is 10.2 Å². The first-order chi connectivity index (χ1) is 8.09. The SMILES string of the molecule is O=S1(=O)CCCC1c1nnc2cccc(Cl)n12. The van der Waals surface area contributed by atoms with E-state index in [0.29, 0.717) is 29.5 Å². The number of nitrogens with zero attached hydrogens (tertiary/aromatic N) is 3. The summed E-state index contributed by atoms with van der Waals surface area (Å²) >= 11 is 6.06. The van der Waals surface area contributed by atoms with Crippen LogP contribution in [-0.2, 0) is 9.84 Å². The Balaban J connectivity index is 2.25. The van der Waals surface area contributed by atoms with E-state index in [-0.39, 0.29) is 5.75 Å². The standard InChI is InChI=1S/C10H10ClN3O2S/c11-8-4-1-5-9-12-13-10(14(8)9)7-3-2-6-17(7,15)16/h1,4-5,7H,2-3,6H2. The van der Waals surface area contributed by atoms with Gasteiger partial charge in [0, 0.05) is 0 Å². The summed E-state index contributed by atoms with van der Waals surface area (Å²) in [5.74, 6) is 0.653. The summed E-state index contributed by atoms with van der Waals surface area (Å²) in [6, 6.07) is 5.21. The zero-order valence-electron chi connectivity index (χ0n) is 8.88. The molecular formula is C10H10ClN3O2S. The van der Waals surface area contributed by atoms with Crippen molar-refractivity contribution in [3.05, 3.63) is 29.2 Å². The van der Waals surface area contributed by atoms with Crippen molar-refractivity contribution in [3.63, 3.8) is 0 Å².